The van der Waals surface area contributed by atoms with Crippen LogP contribution in [0.25, 0.3) is 5.76 Å². The normalized spacial score (nSPS) is 19.5. The molecule has 2 aliphatic carbocycles. The molecule has 3 rings (SSSR count). The Bertz CT molecular complexity index is 844. The van der Waals surface area contributed by atoms with Crippen molar-refractivity contribution in [1.29, 1.82) is 0 Å². The summed E-state index contributed by atoms with van der Waals surface area (Å²) in [5.41, 5.74) is 14.4. The van der Waals surface area contributed by atoms with Crippen LogP contribution in [0.1, 0.15) is 51.0 Å². The van der Waals surface area contributed by atoms with Crippen molar-refractivity contribution in [3.63, 3.8) is 0 Å². The van der Waals surface area contributed by atoms with E-state index in [1.165, 1.54) is 48.0 Å². The van der Waals surface area contributed by atoms with E-state index >= 15 is 0 Å². The van der Waals surface area contributed by atoms with Gasteiger partial charge in [-0.2, -0.15) is 18.2 Å². The van der Waals surface area contributed by atoms with Crippen molar-refractivity contribution < 1.29 is 35.9 Å². The maximum atomic E-state index is 6.10. The molecule has 1 aromatic rings. The number of hydrogen-bond acceptors (Lipinski definition) is 2. The summed E-state index contributed by atoms with van der Waals surface area (Å²) < 4.78 is 5.60. The topological polar surface area (TPSA) is 35.2 Å². The molecular weight excluding hydrogens is 568 g/mol. The molecule has 0 fully saturated rings. The van der Waals surface area contributed by atoms with E-state index in [4.69, 9.17) is 10.5 Å². The van der Waals surface area contributed by atoms with Gasteiger partial charge in [0.1, 0.15) is 0 Å². The van der Waals surface area contributed by atoms with Gasteiger partial charge in [0.2, 0.25) is 0 Å². The number of methoxy groups -OCH3 is 1. The SMILES string of the molecule is C=C(/C=C(\OC)c1c[c-]ccc1N)CC1C(=C)C2=C(C=C1CC)CCCC2.[U]. The summed E-state index contributed by atoms with van der Waals surface area (Å²) >= 11 is 0. The van der Waals surface area contributed by atoms with Gasteiger partial charge in [-0.15, -0.1) is 6.07 Å². The molecule has 1 unspecified atom stereocenters. The van der Waals surface area contributed by atoms with Crippen LogP contribution in [-0.4, -0.2) is 7.11 Å². The summed E-state index contributed by atoms with van der Waals surface area (Å²) in [5.74, 6) is 1.07. The van der Waals surface area contributed by atoms with Crippen LogP contribution in [0, 0.1) is 43.1 Å². The van der Waals surface area contributed by atoms with Crippen LogP contribution in [0.4, 0.5) is 5.69 Å². The molecule has 2 N–H and O–H groups in total. The Kier molecular flexibility index (Phi) is 8.47. The summed E-state index contributed by atoms with van der Waals surface area (Å²) in [6.45, 7) is 11.0. The molecule has 3 heteroatoms. The number of benzene rings is 1. The molecule has 0 radical (unpaired) electrons. The predicted molar refractivity (Wildman–Crippen MR) is 115 cm³/mol. The number of anilines is 1. The van der Waals surface area contributed by atoms with Crippen molar-refractivity contribution >= 4 is 11.4 Å². The average Bonchev–Trinajstić information content (AvgIpc) is 2.68. The van der Waals surface area contributed by atoms with E-state index in [9.17, 15) is 0 Å². The van der Waals surface area contributed by atoms with E-state index in [-0.39, 0.29) is 31.1 Å². The largest absolute Gasteiger partial charge is 0.509 e. The Morgan fingerprint density at radius 3 is 2.79 bits per heavy atom. The molecule has 1 aromatic carbocycles. The average molecular weight is 599 g/mol. The van der Waals surface area contributed by atoms with Crippen LogP contribution in [0.5, 0.6) is 0 Å². The molecule has 146 valence electrons. The van der Waals surface area contributed by atoms with Crippen LogP contribution < -0.4 is 5.73 Å². The first-order valence-corrected chi connectivity index (χ1v) is 9.86. The summed E-state index contributed by atoms with van der Waals surface area (Å²) in [7, 11) is 1.67. The first kappa shape index (κ1) is 22.9. The predicted octanol–water partition coefficient (Wildman–Crippen LogP) is 6.40. The molecule has 0 saturated heterocycles. The molecule has 2 aliphatic rings. The van der Waals surface area contributed by atoms with E-state index in [0.717, 1.165) is 29.7 Å². The van der Waals surface area contributed by atoms with Crippen LogP contribution in [0.15, 0.2) is 71.4 Å². The van der Waals surface area contributed by atoms with E-state index in [1.54, 1.807) is 13.2 Å². The minimum atomic E-state index is 0. The zero-order chi connectivity index (χ0) is 19.4. The van der Waals surface area contributed by atoms with Gasteiger partial charge in [-0.1, -0.05) is 48.6 Å². The molecule has 2 nitrogen and oxygen atoms in total. The van der Waals surface area contributed by atoms with Crippen molar-refractivity contribution in [3.05, 3.63) is 83.0 Å². The van der Waals surface area contributed by atoms with Crippen LogP contribution >= 0.6 is 0 Å². The van der Waals surface area contributed by atoms with Gasteiger partial charge in [0.05, 0.1) is 12.9 Å². The minimum absolute atomic E-state index is 0. The molecule has 0 aliphatic heterocycles. The molecule has 0 heterocycles. The number of ether oxygens (including phenoxy) is 1. The molecule has 0 aromatic heterocycles. The summed E-state index contributed by atoms with van der Waals surface area (Å²) in [6.07, 6.45) is 11.3. The molecule has 0 spiro atoms. The Morgan fingerprint density at radius 1 is 1.36 bits per heavy atom. The molecular formula is C25H30NOU-. The van der Waals surface area contributed by atoms with Gasteiger partial charge in [-0.05, 0) is 61.3 Å². The third-order valence-corrected chi connectivity index (χ3v) is 5.72. The van der Waals surface area contributed by atoms with Crippen LogP contribution in [-0.2, 0) is 4.74 Å². The van der Waals surface area contributed by atoms with E-state index < -0.39 is 0 Å². The molecule has 28 heavy (non-hydrogen) atoms. The van der Waals surface area contributed by atoms with Gasteiger partial charge in [0.15, 0.2) is 0 Å². The fourth-order valence-corrected chi connectivity index (χ4v) is 4.22. The minimum Gasteiger partial charge on any atom is -0.509 e. The second-order valence-electron chi connectivity index (χ2n) is 7.45. The fraction of sp³-hybridized carbons (Fsp3) is 0.360. The Morgan fingerprint density at radius 2 is 2.11 bits per heavy atom. The molecule has 1 atom stereocenters. The Balaban J connectivity index is 0.00000280. The monoisotopic (exact) mass is 598 g/mol. The molecule has 0 saturated carbocycles. The quantitative estimate of drug-likeness (QED) is 0.178. The second-order valence-corrected chi connectivity index (χ2v) is 7.45. The van der Waals surface area contributed by atoms with Crippen LogP contribution in [0.3, 0.4) is 0 Å². The number of nitrogen functional groups attached to an aromatic ring is 1. The smallest absolute Gasteiger partial charge is 0.0759 e. The maximum absolute atomic E-state index is 6.10. The van der Waals surface area contributed by atoms with Crippen molar-refractivity contribution in [1.82, 2.24) is 0 Å². The van der Waals surface area contributed by atoms with E-state index in [0.29, 0.717) is 11.6 Å². The summed E-state index contributed by atoms with van der Waals surface area (Å²) in [5, 5.41) is 0. The van der Waals surface area contributed by atoms with Crippen molar-refractivity contribution in [2.75, 3.05) is 12.8 Å². The Labute approximate surface area is 193 Å². The first-order chi connectivity index (χ1) is 13.0. The van der Waals surface area contributed by atoms with Crippen molar-refractivity contribution in [2.45, 2.75) is 45.4 Å². The van der Waals surface area contributed by atoms with Gasteiger partial charge in [0, 0.05) is 37.0 Å². The third-order valence-electron chi connectivity index (χ3n) is 5.72. The number of rotatable bonds is 6. The second kappa shape index (κ2) is 10.4. The number of hydrogen-bond donors (Lipinski definition) is 1. The third kappa shape index (κ3) is 4.94. The number of nitrogens with two attached hydrogens (primary N) is 1. The fourth-order valence-electron chi connectivity index (χ4n) is 4.22. The van der Waals surface area contributed by atoms with Crippen molar-refractivity contribution in [2.24, 2.45) is 5.92 Å². The molecule has 0 bridgehead atoms. The van der Waals surface area contributed by atoms with E-state index in [2.05, 4.69) is 32.2 Å². The number of allylic oxidation sites excluding steroid dienone is 7. The first-order valence-electron chi connectivity index (χ1n) is 9.86. The maximum Gasteiger partial charge on any atom is 0.0759 e. The summed E-state index contributed by atoms with van der Waals surface area (Å²) in [6, 6.07) is 8.56. The Hall–Kier alpha value is -1.43. The summed E-state index contributed by atoms with van der Waals surface area (Å²) in [4.78, 5) is 0. The van der Waals surface area contributed by atoms with Gasteiger partial charge >= 0.3 is 0 Å². The van der Waals surface area contributed by atoms with Gasteiger partial charge in [-0.3, -0.25) is 0 Å². The molecule has 0 amide bonds. The van der Waals surface area contributed by atoms with E-state index in [1.807, 2.05) is 18.2 Å². The van der Waals surface area contributed by atoms with Gasteiger partial charge < -0.3 is 10.5 Å². The zero-order valence-corrected chi connectivity index (χ0v) is 21.3. The standard InChI is InChI=1S/C25H30NO.U/c1-5-19-16-20-10-6-7-11-21(20)18(3)23(19)14-17(2)15-25(27-4)22-12-8-9-13-24(22)26;/h9,12-13,15-16,23H,2-3,5-7,10-11,14,26H2,1,4H3;/q-1;/b25-15-;. The van der Waals surface area contributed by atoms with Gasteiger partial charge in [-0.25, -0.2) is 0 Å². The van der Waals surface area contributed by atoms with Crippen molar-refractivity contribution in [3.8, 4) is 0 Å². The zero-order valence-electron chi connectivity index (χ0n) is 17.1. The van der Waals surface area contributed by atoms with Gasteiger partial charge in [0.25, 0.3) is 0 Å². The van der Waals surface area contributed by atoms with Crippen LogP contribution in [0.2, 0.25) is 0 Å².